The molecule has 5 nitrogen and oxygen atoms in total. The molecule has 1 atom stereocenters. The maximum atomic E-state index is 10.8. The second kappa shape index (κ2) is 3.20. The number of pyridine rings is 1. The molecule has 0 spiro atoms. The first-order chi connectivity index (χ1) is 5.22. The van der Waals surface area contributed by atoms with Gasteiger partial charge in [0.1, 0.15) is 0 Å². The van der Waals surface area contributed by atoms with Crippen molar-refractivity contribution in [1.82, 2.24) is 4.98 Å². The summed E-state index contributed by atoms with van der Waals surface area (Å²) in [5, 5.41) is 9.38. The molecule has 0 fully saturated rings. The summed E-state index contributed by atoms with van der Waals surface area (Å²) in [4.78, 5) is 14.5. The molecular weight excluding hydrogens is 146 g/mol. The largest absolute Gasteiger partial charge is 0.606 e. The summed E-state index contributed by atoms with van der Waals surface area (Å²) in [7, 11) is 0. The maximum Gasteiger partial charge on any atom is 0.364 e. The molecule has 1 amide bonds. The number of quaternary nitrogens is 1. The predicted octanol–water partition coefficient (Wildman–Crippen LogP) is -1.52. The van der Waals surface area contributed by atoms with Gasteiger partial charge in [-0.3, -0.25) is 4.98 Å². The van der Waals surface area contributed by atoms with E-state index in [0.29, 0.717) is 0 Å². The monoisotopic (exact) mass is 153 g/mol. The van der Waals surface area contributed by atoms with E-state index in [1.165, 1.54) is 18.5 Å². The summed E-state index contributed by atoms with van der Waals surface area (Å²) in [6.45, 7) is 0. The smallest absolute Gasteiger partial charge is 0.364 e. The van der Waals surface area contributed by atoms with Crippen LogP contribution in [0.15, 0.2) is 24.5 Å². The van der Waals surface area contributed by atoms with Crippen LogP contribution in [0.5, 0.6) is 0 Å². The lowest BCUT2D eigenvalue weighted by atomic mass is 10.3. The van der Waals surface area contributed by atoms with E-state index < -0.39 is 11.1 Å². The zero-order valence-corrected chi connectivity index (χ0v) is 5.65. The van der Waals surface area contributed by atoms with E-state index >= 15 is 0 Å². The van der Waals surface area contributed by atoms with E-state index in [9.17, 15) is 10.0 Å². The minimum absolute atomic E-state index is 0.222. The molecule has 0 aromatic carbocycles. The van der Waals surface area contributed by atoms with Crippen LogP contribution in [0.25, 0.3) is 0 Å². The van der Waals surface area contributed by atoms with Crippen molar-refractivity contribution in [3.8, 4) is 0 Å². The van der Waals surface area contributed by atoms with Crippen molar-refractivity contribution in [3.63, 3.8) is 0 Å². The van der Waals surface area contributed by atoms with Gasteiger partial charge in [-0.05, 0) is 12.1 Å². The molecule has 0 aliphatic rings. The number of hydrogen-bond acceptors (Lipinski definition) is 4. The first-order valence-corrected chi connectivity index (χ1v) is 2.96. The van der Waals surface area contributed by atoms with E-state index in [-0.39, 0.29) is 5.56 Å². The minimum atomic E-state index is -0.960. The molecule has 0 radical (unpaired) electrons. The van der Waals surface area contributed by atoms with Crippen LogP contribution in [0, 0.1) is 5.21 Å². The Morgan fingerprint density at radius 3 is 2.91 bits per heavy atom. The lowest BCUT2D eigenvalue weighted by Gasteiger charge is -2.10. The van der Waals surface area contributed by atoms with Gasteiger partial charge in [-0.25, -0.2) is 9.97 Å². The average molecular weight is 153 g/mol. The molecule has 11 heavy (non-hydrogen) atoms. The van der Waals surface area contributed by atoms with Crippen LogP contribution in [-0.2, 0) is 0 Å². The minimum Gasteiger partial charge on any atom is -0.606 e. The molecule has 0 aliphatic heterocycles. The van der Waals surface area contributed by atoms with Crippen LogP contribution >= 0.6 is 0 Å². The summed E-state index contributed by atoms with van der Waals surface area (Å²) < 4.78 is 0. The van der Waals surface area contributed by atoms with Crippen molar-refractivity contribution < 1.29 is 9.97 Å². The number of nitrogens with zero attached hydrogens (tertiary/aromatic N) is 1. The molecule has 0 saturated heterocycles. The number of hydrogen-bond donors (Lipinski definition) is 2. The first-order valence-electron chi connectivity index (χ1n) is 2.96. The SMILES string of the molecule is N[NH+]([O-])C(=O)c1cccnc1. The first kappa shape index (κ1) is 7.80. The third-order valence-corrected chi connectivity index (χ3v) is 1.15. The van der Waals surface area contributed by atoms with Crippen LogP contribution in [0.1, 0.15) is 10.4 Å². The fraction of sp³-hybridized carbons (Fsp3) is 0. The van der Waals surface area contributed by atoms with E-state index in [2.05, 4.69) is 4.98 Å². The Morgan fingerprint density at radius 2 is 2.45 bits per heavy atom. The van der Waals surface area contributed by atoms with Gasteiger partial charge >= 0.3 is 5.91 Å². The molecule has 58 valence electrons. The van der Waals surface area contributed by atoms with Gasteiger partial charge in [-0.15, -0.1) is 0 Å². The van der Waals surface area contributed by atoms with E-state index in [1.54, 1.807) is 6.07 Å². The van der Waals surface area contributed by atoms with Crippen LogP contribution in [0.3, 0.4) is 0 Å². The molecule has 1 aromatic rings. The summed E-state index contributed by atoms with van der Waals surface area (Å²) in [6, 6.07) is 3.05. The maximum absolute atomic E-state index is 10.8. The lowest BCUT2D eigenvalue weighted by Crippen LogP contribution is -3.15. The summed E-state index contributed by atoms with van der Waals surface area (Å²) in [6.07, 6.45) is 2.81. The number of carbonyl (C=O) groups excluding carboxylic acids is 1. The molecule has 0 aliphatic carbocycles. The highest BCUT2D eigenvalue weighted by molar-refractivity contribution is 5.86. The molecule has 1 unspecified atom stereocenters. The van der Waals surface area contributed by atoms with E-state index in [1.807, 2.05) is 0 Å². The third-order valence-electron chi connectivity index (χ3n) is 1.15. The Morgan fingerprint density at radius 1 is 1.73 bits per heavy atom. The second-order valence-electron chi connectivity index (χ2n) is 1.94. The summed E-state index contributed by atoms with van der Waals surface area (Å²) >= 11 is 0. The molecule has 0 bridgehead atoms. The number of amides is 1. The normalized spacial score (nSPS) is 12.5. The standard InChI is InChI=1S/C6H7N3O2/c7-9(11)6(10)5-2-1-3-8-4-5/h1-4,9H,7H2. The molecule has 1 heterocycles. The highest BCUT2D eigenvalue weighted by Crippen LogP contribution is 1.91. The zero-order chi connectivity index (χ0) is 8.27. The van der Waals surface area contributed by atoms with Gasteiger partial charge in [0.15, 0.2) is 0 Å². The van der Waals surface area contributed by atoms with Crippen molar-refractivity contribution in [2.45, 2.75) is 0 Å². The summed E-state index contributed by atoms with van der Waals surface area (Å²) in [5.41, 5.74) is 0.222. The Labute approximate surface area is 63.0 Å². The predicted molar refractivity (Wildman–Crippen MR) is 37.1 cm³/mol. The number of rotatable bonds is 1. The average Bonchev–Trinajstić information content (AvgIpc) is 2.05. The zero-order valence-electron chi connectivity index (χ0n) is 5.65. The van der Waals surface area contributed by atoms with Crippen LogP contribution in [0.2, 0.25) is 0 Å². The number of hydroxylamine groups is 1. The highest BCUT2D eigenvalue weighted by atomic mass is 16.5. The number of carbonyl (C=O) groups is 1. The van der Waals surface area contributed by atoms with Gasteiger partial charge in [0.2, 0.25) is 0 Å². The molecule has 5 heteroatoms. The molecular formula is C6H7N3O2. The van der Waals surface area contributed by atoms with Crippen molar-refractivity contribution >= 4 is 5.91 Å². The summed E-state index contributed by atoms with van der Waals surface area (Å²) in [5.74, 6) is 4.04. The number of nitrogens with two attached hydrogens (primary N) is 1. The van der Waals surface area contributed by atoms with Gasteiger partial charge in [0, 0.05) is 12.4 Å². The fourth-order valence-corrected chi connectivity index (χ4v) is 0.639. The van der Waals surface area contributed by atoms with Crippen LogP contribution < -0.4 is 11.0 Å². The van der Waals surface area contributed by atoms with Crippen molar-refractivity contribution in [2.24, 2.45) is 5.84 Å². The number of nitrogens with one attached hydrogen (secondary N) is 1. The van der Waals surface area contributed by atoms with Crippen LogP contribution in [0.4, 0.5) is 0 Å². The van der Waals surface area contributed by atoms with Gasteiger partial charge in [0.05, 0.1) is 5.56 Å². The molecule has 1 aromatic heterocycles. The van der Waals surface area contributed by atoms with Gasteiger partial charge < -0.3 is 5.21 Å². The molecule has 1 rings (SSSR count). The number of aromatic nitrogens is 1. The lowest BCUT2D eigenvalue weighted by molar-refractivity contribution is -0.770. The van der Waals surface area contributed by atoms with Crippen molar-refractivity contribution in [1.29, 1.82) is 0 Å². The van der Waals surface area contributed by atoms with E-state index in [0.717, 1.165) is 0 Å². The van der Waals surface area contributed by atoms with Crippen LogP contribution in [-0.4, -0.2) is 10.9 Å². The van der Waals surface area contributed by atoms with Gasteiger partial charge in [-0.1, -0.05) is 0 Å². The Bertz CT molecular complexity index is 247. The fourth-order valence-electron chi connectivity index (χ4n) is 0.639. The quantitative estimate of drug-likeness (QED) is 0.291. The second-order valence-corrected chi connectivity index (χ2v) is 1.94. The highest BCUT2D eigenvalue weighted by Gasteiger charge is 2.09. The Kier molecular flexibility index (Phi) is 2.27. The van der Waals surface area contributed by atoms with Gasteiger partial charge in [0.25, 0.3) is 0 Å². The molecule has 3 N–H and O–H groups in total. The van der Waals surface area contributed by atoms with Crippen molar-refractivity contribution in [2.75, 3.05) is 0 Å². The van der Waals surface area contributed by atoms with Crippen molar-refractivity contribution in [3.05, 3.63) is 35.3 Å². The number of nitrogen functional groups attached to an aromatic ring is 1. The van der Waals surface area contributed by atoms with Gasteiger partial charge in [-0.2, -0.15) is 5.84 Å². The molecule has 0 saturated carbocycles. The Balaban J connectivity index is 2.86. The topological polar surface area (TPSA) is 83.5 Å². The third kappa shape index (κ3) is 1.81. The van der Waals surface area contributed by atoms with E-state index in [4.69, 9.17) is 5.84 Å². The Hall–Kier alpha value is -1.30.